The van der Waals surface area contributed by atoms with Crippen LogP contribution in [0.3, 0.4) is 0 Å². The van der Waals surface area contributed by atoms with E-state index >= 15 is 0 Å². The first kappa shape index (κ1) is 36.8. The lowest BCUT2D eigenvalue weighted by Gasteiger charge is -2.32. The highest BCUT2D eigenvalue weighted by molar-refractivity contribution is 8.10. The van der Waals surface area contributed by atoms with Gasteiger partial charge in [0.1, 0.15) is 6.61 Å². The summed E-state index contributed by atoms with van der Waals surface area (Å²) in [6.07, 6.45) is 7.26. The zero-order chi connectivity index (χ0) is 32.6. The number of methoxy groups -OCH3 is 1. The summed E-state index contributed by atoms with van der Waals surface area (Å²) in [5.74, 6) is 5.55. The van der Waals surface area contributed by atoms with Gasteiger partial charge in [-0.1, -0.05) is 103 Å². The van der Waals surface area contributed by atoms with Crippen LogP contribution in [0.2, 0.25) is 0 Å². The monoisotopic (exact) mass is 634 g/mol. The van der Waals surface area contributed by atoms with E-state index in [4.69, 9.17) is 4.74 Å². The van der Waals surface area contributed by atoms with Crippen LogP contribution in [0.15, 0.2) is 132 Å². The van der Waals surface area contributed by atoms with Crippen LogP contribution >= 0.6 is 0 Å². The minimum Gasteiger partial charge on any atom is -0.372 e. The fraction of sp³-hybridized carbons (Fsp3) is 0.351. The van der Waals surface area contributed by atoms with Crippen LogP contribution in [0, 0.1) is 11.8 Å². The van der Waals surface area contributed by atoms with E-state index in [-0.39, 0.29) is 22.8 Å². The molecule has 0 heterocycles. The van der Waals surface area contributed by atoms with Gasteiger partial charge in [0.15, 0.2) is 23.8 Å². The summed E-state index contributed by atoms with van der Waals surface area (Å²) in [4.78, 5) is -0.174. The van der Waals surface area contributed by atoms with E-state index in [1.165, 1.54) is 36.9 Å². The van der Waals surface area contributed by atoms with E-state index in [0.29, 0.717) is 18.4 Å². The number of rotatable bonds is 20. The highest BCUT2D eigenvalue weighted by Gasteiger charge is 2.55. The molecule has 0 atom stereocenters. The second kappa shape index (κ2) is 17.8. The summed E-state index contributed by atoms with van der Waals surface area (Å²) >= 11 is 0. The van der Waals surface area contributed by atoms with E-state index in [9.17, 15) is 16.8 Å². The van der Waals surface area contributed by atoms with Crippen molar-refractivity contribution in [1.29, 1.82) is 0 Å². The van der Waals surface area contributed by atoms with E-state index in [2.05, 4.69) is 44.7 Å². The molecule has 7 heteroatoms. The Morgan fingerprint density at radius 1 is 0.682 bits per heavy atom. The topological polar surface area (TPSA) is 77.5 Å². The second-order valence-corrected chi connectivity index (χ2v) is 15.8. The van der Waals surface area contributed by atoms with Crippen molar-refractivity contribution in [2.24, 2.45) is 0 Å². The molecule has 0 spiro atoms. The lowest BCUT2D eigenvalue weighted by atomic mass is 9.96. The van der Waals surface area contributed by atoms with Crippen molar-refractivity contribution in [2.45, 2.75) is 78.1 Å². The third kappa shape index (κ3) is 10.1. The fourth-order valence-corrected chi connectivity index (χ4v) is 9.68. The molecule has 236 valence electrons. The van der Waals surface area contributed by atoms with Crippen LogP contribution in [-0.2, 0) is 24.4 Å². The van der Waals surface area contributed by atoms with Gasteiger partial charge in [0.05, 0.1) is 9.79 Å². The SMILES string of the molecule is C=CCCC(=C)CCC(=C)CCC(=C)CCC(=C)CC(CC#CCOC)(S(=O)(=O)c1ccccc1)S(=O)(=O)c1ccccc1. The van der Waals surface area contributed by atoms with Gasteiger partial charge in [-0.3, -0.25) is 0 Å². The minimum absolute atomic E-state index is 0.0435. The molecule has 0 fully saturated rings. The molecule has 0 saturated heterocycles. The van der Waals surface area contributed by atoms with E-state index < -0.39 is 30.2 Å². The average molecular weight is 635 g/mol. The maximum atomic E-state index is 14.4. The van der Waals surface area contributed by atoms with Gasteiger partial charge < -0.3 is 4.74 Å². The summed E-state index contributed by atoms with van der Waals surface area (Å²) in [7, 11) is -7.47. The largest absolute Gasteiger partial charge is 0.372 e. The molecule has 2 aromatic rings. The highest BCUT2D eigenvalue weighted by atomic mass is 32.3. The quantitative estimate of drug-likeness (QED) is 0.108. The van der Waals surface area contributed by atoms with Crippen molar-refractivity contribution in [1.82, 2.24) is 0 Å². The molecule has 0 N–H and O–H groups in total. The van der Waals surface area contributed by atoms with Crippen LogP contribution < -0.4 is 0 Å². The molecule has 0 saturated carbocycles. The van der Waals surface area contributed by atoms with Crippen molar-refractivity contribution in [3.63, 3.8) is 0 Å². The Kier molecular flexibility index (Phi) is 14.8. The molecule has 0 amide bonds. The van der Waals surface area contributed by atoms with Gasteiger partial charge >= 0.3 is 0 Å². The second-order valence-electron chi connectivity index (χ2n) is 11.0. The Balaban J connectivity index is 2.31. The van der Waals surface area contributed by atoms with Gasteiger partial charge in [-0.2, -0.15) is 0 Å². The Labute approximate surface area is 266 Å². The Morgan fingerprint density at radius 2 is 1.09 bits per heavy atom. The normalized spacial score (nSPS) is 11.7. The lowest BCUT2D eigenvalue weighted by molar-refractivity contribution is 0.239. The Hall–Kier alpha value is -3.44. The third-order valence-electron chi connectivity index (χ3n) is 7.50. The highest BCUT2D eigenvalue weighted by Crippen LogP contribution is 2.43. The first-order valence-corrected chi connectivity index (χ1v) is 17.7. The van der Waals surface area contributed by atoms with E-state index in [1.807, 2.05) is 6.08 Å². The number of hydrogen-bond acceptors (Lipinski definition) is 5. The van der Waals surface area contributed by atoms with Gasteiger partial charge in [-0.25, -0.2) is 16.8 Å². The molecule has 0 aromatic heterocycles. The number of ether oxygens (including phenoxy) is 1. The molecule has 0 aliphatic heterocycles. The van der Waals surface area contributed by atoms with Gasteiger partial charge in [-0.05, 0) is 75.6 Å². The molecule has 2 aromatic carbocycles. The molecule has 5 nitrogen and oxygen atoms in total. The van der Waals surface area contributed by atoms with Crippen molar-refractivity contribution < 1.29 is 21.6 Å². The molecule has 0 aliphatic rings. The standard InChI is InChI=1S/C37H46O5S2/c1-7-8-17-31(2)22-23-32(3)24-25-33(4)26-27-34(5)30-37(28-15-16-29-42-6,43(38,39)35-18-11-9-12-19-35)44(40,41)36-20-13-10-14-21-36/h7,9-14,18-21H,1-5,8,17,22-30H2,6H3. The van der Waals surface area contributed by atoms with Crippen molar-refractivity contribution in [2.75, 3.05) is 13.7 Å². The summed E-state index contributed by atoms with van der Waals surface area (Å²) in [5, 5.41) is 0. The predicted molar refractivity (Wildman–Crippen MR) is 183 cm³/mol. The zero-order valence-electron chi connectivity index (χ0n) is 26.0. The van der Waals surface area contributed by atoms with Gasteiger partial charge in [0.25, 0.3) is 0 Å². The summed E-state index contributed by atoms with van der Waals surface area (Å²) in [5.41, 5.74) is 3.78. The molecular weight excluding hydrogens is 589 g/mol. The molecular formula is C37H46O5S2. The Morgan fingerprint density at radius 3 is 1.50 bits per heavy atom. The van der Waals surface area contributed by atoms with Crippen molar-refractivity contribution in [3.05, 3.63) is 122 Å². The fourth-order valence-electron chi connectivity index (χ4n) is 4.75. The van der Waals surface area contributed by atoms with Crippen LogP contribution in [0.4, 0.5) is 0 Å². The molecule has 0 bridgehead atoms. The Bertz CT molecular complexity index is 1500. The molecule has 0 unspecified atom stereocenters. The first-order valence-electron chi connectivity index (χ1n) is 14.7. The maximum Gasteiger partial charge on any atom is 0.200 e. The smallest absolute Gasteiger partial charge is 0.200 e. The van der Waals surface area contributed by atoms with Crippen molar-refractivity contribution in [3.8, 4) is 11.8 Å². The molecule has 0 radical (unpaired) electrons. The van der Waals surface area contributed by atoms with Crippen LogP contribution in [0.25, 0.3) is 0 Å². The average Bonchev–Trinajstić information content (AvgIpc) is 3.02. The molecule has 0 aliphatic carbocycles. The van der Waals surface area contributed by atoms with Crippen LogP contribution in [0.1, 0.15) is 64.2 Å². The van der Waals surface area contributed by atoms with E-state index in [0.717, 1.165) is 49.7 Å². The molecule has 44 heavy (non-hydrogen) atoms. The van der Waals surface area contributed by atoms with E-state index in [1.54, 1.807) is 36.4 Å². The summed E-state index contributed by atoms with van der Waals surface area (Å²) in [6.45, 7) is 20.5. The van der Waals surface area contributed by atoms with Crippen LogP contribution in [0.5, 0.6) is 0 Å². The van der Waals surface area contributed by atoms with Gasteiger partial charge in [0, 0.05) is 20.0 Å². The molecule has 2 rings (SSSR count). The van der Waals surface area contributed by atoms with Gasteiger partial charge in [0.2, 0.25) is 0 Å². The summed E-state index contributed by atoms with van der Waals surface area (Å²) in [6, 6.07) is 15.3. The predicted octanol–water partition coefficient (Wildman–Crippen LogP) is 8.59. The number of sulfone groups is 2. The third-order valence-corrected chi connectivity index (χ3v) is 13.1. The number of benzene rings is 2. The number of hydrogen-bond donors (Lipinski definition) is 0. The maximum absolute atomic E-state index is 14.4. The van der Waals surface area contributed by atoms with Crippen LogP contribution in [-0.4, -0.2) is 34.6 Å². The number of allylic oxidation sites excluding steroid dienone is 5. The lowest BCUT2D eigenvalue weighted by Crippen LogP contribution is -2.46. The first-order chi connectivity index (χ1) is 20.9. The van der Waals surface area contributed by atoms with Gasteiger partial charge in [-0.15, -0.1) is 6.58 Å². The zero-order valence-corrected chi connectivity index (χ0v) is 27.7. The summed E-state index contributed by atoms with van der Waals surface area (Å²) < 4.78 is 60.3. The van der Waals surface area contributed by atoms with Crippen molar-refractivity contribution >= 4 is 19.7 Å². The minimum atomic E-state index is -4.47.